The monoisotopic (exact) mass is 248 g/mol. The fourth-order valence-corrected chi connectivity index (χ4v) is 2.54. The maximum atomic E-state index is 11.5. The summed E-state index contributed by atoms with van der Waals surface area (Å²) in [7, 11) is 0. The summed E-state index contributed by atoms with van der Waals surface area (Å²) >= 11 is 0. The van der Waals surface area contributed by atoms with Gasteiger partial charge in [-0.25, -0.2) is 0 Å². The van der Waals surface area contributed by atoms with Gasteiger partial charge in [0.2, 0.25) is 0 Å². The van der Waals surface area contributed by atoms with Crippen molar-refractivity contribution < 1.29 is 4.79 Å². The molecule has 0 N–H and O–H groups in total. The average molecular weight is 248 g/mol. The van der Waals surface area contributed by atoms with Gasteiger partial charge in [0.25, 0.3) is 0 Å². The number of rotatable bonds is 0. The topological polar surface area (TPSA) is 17.1 Å². The maximum absolute atomic E-state index is 11.5. The minimum atomic E-state index is 0.110. The fourth-order valence-electron chi connectivity index (χ4n) is 2.54. The first-order chi connectivity index (χ1) is 9.36. The van der Waals surface area contributed by atoms with Gasteiger partial charge in [0, 0.05) is 5.57 Å². The van der Waals surface area contributed by atoms with Gasteiger partial charge < -0.3 is 0 Å². The van der Waals surface area contributed by atoms with Gasteiger partial charge in [-0.2, -0.15) is 0 Å². The standard InChI is InChI=1S/C13H8O.C5H8/c14-13-7-3-6-11-10-5-2-1-4-9(10)8-12(11)13;1-2-4-5-3-1/h1-8H;1-2H,3-5H2. The smallest absolute Gasteiger partial charge is 0.186 e. The molecule has 0 bridgehead atoms. The summed E-state index contributed by atoms with van der Waals surface area (Å²) in [6.07, 6.45) is 15.9. The van der Waals surface area contributed by atoms with Crippen LogP contribution < -0.4 is 0 Å². The molecule has 0 unspecified atom stereocenters. The van der Waals surface area contributed by atoms with Crippen LogP contribution in [0.2, 0.25) is 0 Å². The molecular formula is C18H16O. The number of ketones is 1. The molecule has 0 radical (unpaired) electrons. The van der Waals surface area contributed by atoms with Crippen molar-refractivity contribution in [2.45, 2.75) is 19.3 Å². The van der Waals surface area contributed by atoms with Crippen LogP contribution in [0.4, 0.5) is 0 Å². The van der Waals surface area contributed by atoms with Gasteiger partial charge in [-0.1, -0.05) is 48.6 Å². The van der Waals surface area contributed by atoms with E-state index in [9.17, 15) is 4.79 Å². The number of allylic oxidation sites excluding steroid dienone is 7. The summed E-state index contributed by atoms with van der Waals surface area (Å²) in [5.74, 6) is 0.110. The summed E-state index contributed by atoms with van der Waals surface area (Å²) in [4.78, 5) is 11.5. The van der Waals surface area contributed by atoms with Crippen LogP contribution in [0, 0.1) is 0 Å². The van der Waals surface area contributed by atoms with Crippen molar-refractivity contribution in [2.75, 3.05) is 0 Å². The summed E-state index contributed by atoms with van der Waals surface area (Å²) in [6.45, 7) is 0. The Kier molecular flexibility index (Phi) is 3.28. The molecule has 1 aromatic carbocycles. The van der Waals surface area contributed by atoms with Gasteiger partial charge in [0.1, 0.15) is 0 Å². The van der Waals surface area contributed by atoms with E-state index in [0.717, 1.165) is 16.7 Å². The van der Waals surface area contributed by atoms with Crippen molar-refractivity contribution in [2.24, 2.45) is 0 Å². The van der Waals surface area contributed by atoms with Gasteiger partial charge in [-0.3, -0.25) is 4.79 Å². The van der Waals surface area contributed by atoms with E-state index in [0.29, 0.717) is 0 Å². The lowest BCUT2D eigenvalue weighted by atomic mass is 9.96. The van der Waals surface area contributed by atoms with Gasteiger partial charge in [0.05, 0.1) is 0 Å². The molecule has 0 fully saturated rings. The minimum absolute atomic E-state index is 0.110. The molecule has 94 valence electrons. The predicted molar refractivity (Wildman–Crippen MR) is 79.5 cm³/mol. The molecule has 0 heterocycles. The zero-order chi connectivity index (χ0) is 13.1. The Morgan fingerprint density at radius 3 is 2.47 bits per heavy atom. The molecule has 0 aromatic heterocycles. The number of fused-ring (bicyclic) bond motifs is 3. The summed E-state index contributed by atoms with van der Waals surface area (Å²) in [5, 5.41) is 0. The highest BCUT2D eigenvalue weighted by Gasteiger charge is 2.23. The van der Waals surface area contributed by atoms with Gasteiger partial charge >= 0.3 is 0 Å². The maximum Gasteiger partial charge on any atom is 0.186 e. The van der Waals surface area contributed by atoms with E-state index in [1.807, 2.05) is 36.4 Å². The van der Waals surface area contributed by atoms with Crippen LogP contribution >= 0.6 is 0 Å². The minimum Gasteiger partial charge on any atom is -0.289 e. The third-order valence-electron chi connectivity index (χ3n) is 3.53. The number of carbonyl (C=O) groups excluding carboxylic acids is 1. The van der Waals surface area contributed by atoms with E-state index in [1.54, 1.807) is 6.08 Å². The zero-order valence-electron chi connectivity index (χ0n) is 10.8. The third kappa shape index (κ3) is 2.37. The van der Waals surface area contributed by atoms with E-state index in [-0.39, 0.29) is 5.78 Å². The van der Waals surface area contributed by atoms with E-state index in [4.69, 9.17) is 0 Å². The molecule has 0 atom stereocenters. The molecule has 3 aliphatic carbocycles. The Balaban J connectivity index is 0.000000187. The lowest BCUT2D eigenvalue weighted by molar-refractivity contribution is -0.110. The fraction of sp³-hybridized carbons (Fsp3) is 0.167. The normalized spacial score (nSPS) is 18.2. The average Bonchev–Trinajstić information content (AvgIpc) is 3.10. The Morgan fingerprint density at radius 1 is 0.947 bits per heavy atom. The van der Waals surface area contributed by atoms with Crippen molar-refractivity contribution in [1.29, 1.82) is 0 Å². The predicted octanol–water partition coefficient (Wildman–Crippen LogP) is 4.33. The van der Waals surface area contributed by atoms with Gasteiger partial charge in [-0.05, 0) is 48.1 Å². The Bertz CT molecular complexity index is 621. The molecule has 1 heteroatoms. The van der Waals surface area contributed by atoms with Crippen LogP contribution in [0.15, 0.2) is 60.2 Å². The molecule has 0 spiro atoms. The number of hydrogen-bond donors (Lipinski definition) is 0. The Labute approximate surface area is 113 Å². The van der Waals surface area contributed by atoms with Crippen LogP contribution in [-0.2, 0) is 4.79 Å². The molecular weight excluding hydrogens is 232 g/mol. The quantitative estimate of drug-likeness (QED) is 0.624. The first-order valence-electron chi connectivity index (χ1n) is 6.75. The molecule has 1 nitrogen and oxygen atoms in total. The molecule has 0 saturated carbocycles. The van der Waals surface area contributed by atoms with Crippen LogP contribution in [0.1, 0.15) is 30.4 Å². The molecule has 1 aromatic rings. The van der Waals surface area contributed by atoms with Crippen molar-refractivity contribution in [1.82, 2.24) is 0 Å². The second-order valence-electron chi connectivity index (χ2n) is 4.85. The lowest BCUT2D eigenvalue weighted by Gasteiger charge is -2.06. The van der Waals surface area contributed by atoms with E-state index >= 15 is 0 Å². The first kappa shape index (κ1) is 11.9. The number of benzene rings is 1. The number of carbonyl (C=O) groups is 1. The second kappa shape index (κ2) is 5.23. The molecule has 3 aliphatic rings. The van der Waals surface area contributed by atoms with Gasteiger partial charge in [0.15, 0.2) is 5.78 Å². The highest BCUT2D eigenvalue weighted by atomic mass is 16.1. The van der Waals surface area contributed by atoms with Crippen LogP contribution in [0.25, 0.3) is 11.6 Å². The van der Waals surface area contributed by atoms with Crippen LogP contribution in [-0.4, -0.2) is 5.78 Å². The number of hydrogen-bond acceptors (Lipinski definition) is 1. The molecule has 0 amide bonds. The SMILES string of the molecule is C1=CCCC1.O=C1C=CC=C2C1=Cc1ccccc12. The second-order valence-corrected chi connectivity index (χ2v) is 4.85. The van der Waals surface area contributed by atoms with Crippen LogP contribution in [0.5, 0.6) is 0 Å². The lowest BCUT2D eigenvalue weighted by Crippen LogP contribution is -2.00. The van der Waals surface area contributed by atoms with E-state index < -0.39 is 0 Å². The largest absolute Gasteiger partial charge is 0.289 e. The molecule has 4 rings (SSSR count). The van der Waals surface area contributed by atoms with Gasteiger partial charge in [-0.15, -0.1) is 0 Å². The molecule has 0 saturated heterocycles. The van der Waals surface area contributed by atoms with Crippen molar-refractivity contribution in [3.8, 4) is 0 Å². The highest BCUT2D eigenvalue weighted by Crippen LogP contribution is 2.37. The Hall–Kier alpha value is -2.15. The molecule has 19 heavy (non-hydrogen) atoms. The van der Waals surface area contributed by atoms with E-state index in [2.05, 4.69) is 18.2 Å². The summed E-state index contributed by atoms with van der Waals surface area (Å²) < 4.78 is 0. The van der Waals surface area contributed by atoms with Crippen molar-refractivity contribution in [3.05, 3.63) is 71.3 Å². The highest BCUT2D eigenvalue weighted by molar-refractivity contribution is 6.23. The first-order valence-corrected chi connectivity index (χ1v) is 6.75. The summed E-state index contributed by atoms with van der Waals surface area (Å²) in [5.41, 5.74) is 4.20. The van der Waals surface area contributed by atoms with Crippen LogP contribution in [0.3, 0.4) is 0 Å². The molecule has 0 aliphatic heterocycles. The van der Waals surface area contributed by atoms with E-state index in [1.165, 1.54) is 24.8 Å². The summed E-state index contributed by atoms with van der Waals surface area (Å²) in [6, 6.07) is 8.08. The Morgan fingerprint density at radius 2 is 1.74 bits per heavy atom. The van der Waals surface area contributed by atoms with Crippen molar-refractivity contribution in [3.63, 3.8) is 0 Å². The third-order valence-corrected chi connectivity index (χ3v) is 3.53. The zero-order valence-corrected chi connectivity index (χ0v) is 10.8. The van der Waals surface area contributed by atoms with Crippen molar-refractivity contribution >= 4 is 17.4 Å².